The van der Waals surface area contributed by atoms with Crippen molar-refractivity contribution < 1.29 is 9.90 Å². The van der Waals surface area contributed by atoms with Crippen LogP contribution in [0, 0.1) is 11.3 Å². The van der Waals surface area contributed by atoms with E-state index in [1.54, 1.807) is 6.92 Å². The SMILES string of the molecule is CC(=O)C12CCCC(C)(C)C1CCc1cc(C(C)C)c(O)cc12. The molecular weight excluding hydrogens is 284 g/mol. The van der Waals surface area contributed by atoms with Crippen LogP contribution in [0.5, 0.6) is 5.75 Å². The number of Topliss-reactive ketones (excluding diaryl/α,β-unsaturated/α-hetero) is 1. The number of carbonyl (C=O) groups is 1. The summed E-state index contributed by atoms with van der Waals surface area (Å²) in [5, 5.41) is 10.5. The van der Waals surface area contributed by atoms with Crippen LogP contribution < -0.4 is 0 Å². The average molecular weight is 314 g/mol. The number of fused-ring (bicyclic) bond motifs is 3. The summed E-state index contributed by atoms with van der Waals surface area (Å²) in [6.45, 7) is 10.6. The van der Waals surface area contributed by atoms with E-state index in [0.29, 0.717) is 17.6 Å². The molecule has 2 unspecified atom stereocenters. The molecule has 1 N–H and O–H groups in total. The van der Waals surface area contributed by atoms with Crippen LogP contribution in [0.1, 0.15) is 82.9 Å². The predicted molar refractivity (Wildman–Crippen MR) is 94.0 cm³/mol. The number of aromatic hydroxyl groups is 1. The lowest BCUT2D eigenvalue weighted by atomic mass is 9.48. The van der Waals surface area contributed by atoms with Crippen molar-refractivity contribution in [3.8, 4) is 5.75 Å². The number of hydrogen-bond donors (Lipinski definition) is 1. The van der Waals surface area contributed by atoms with E-state index in [2.05, 4.69) is 33.8 Å². The standard InChI is InChI=1S/C21H30O2/c1-13(2)16-11-15-7-8-19-20(4,5)9-6-10-21(19,14(3)22)17(15)12-18(16)23/h11-13,19,23H,6-10H2,1-5H3. The molecule has 2 aliphatic rings. The Balaban J connectivity index is 2.23. The van der Waals surface area contributed by atoms with Crippen molar-refractivity contribution in [3.05, 3.63) is 28.8 Å². The molecule has 1 aromatic carbocycles. The molecule has 0 amide bonds. The highest BCUT2D eigenvalue weighted by Crippen LogP contribution is 2.58. The maximum absolute atomic E-state index is 12.9. The number of ketones is 1. The van der Waals surface area contributed by atoms with Crippen molar-refractivity contribution in [2.75, 3.05) is 0 Å². The number of carbonyl (C=O) groups excluding carboxylic acids is 1. The summed E-state index contributed by atoms with van der Waals surface area (Å²) in [6, 6.07) is 4.09. The second-order valence-electron chi connectivity index (χ2n) is 8.68. The minimum absolute atomic E-state index is 0.188. The molecule has 23 heavy (non-hydrogen) atoms. The molecule has 126 valence electrons. The minimum Gasteiger partial charge on any atom is -0.508 e. The topological polar surface area (TPSA) is 37.3 Å². The molecule has 0 saturated heterocycles. The van der Waals surface area contributed by atoms with Gasteiger partial charge in [-0.1, -0.05) is 40.2 Å². The Morgan fingerprint density at radius 1 is 1.26 bits per heavy atom. The first kappa shape index (κ1) is 16.5. The van der Waals surface area contributed by atoms with Gasteiger partial charge < -0.3 is 5.11 Å². The van der Waals surface area contributed by atoms with E-state index < -0.39 is 0 Å². The summed E-state index contributed by atoms with van der Waals surface area (Å²) in [7, 11) is 0. The fraction of sp³-hybridized carbons (Fsp3) is 0.667. The predicted octanol–water partition coefficient (Wildman–Crippen LogP) is 5.11. The lowest BCUT2D eigenvalue weighted by Gasteiger charge is -2.54. The normalized spacial score (nSPS) is 29.0. The molecule has 1 saturated carbocycles. The lowest BCUT2D eigenvalue weighted by Crippen LogP contribution is -2.53. The van der Waals surface area contributed by atoms with Gasteiger partial charge in [0.05, 0.1) is 5.41 Å². The molecule has 2 heteroatoms. The van der Waals surface area contributed by atoms with Crippen LogP contribution in [-0.4, -0.2) is 10.9 Å². The van der Waals surface area contributed by atoms with Crippen LogP contribution in [0.3, 0.4) is 0 Å². The Morgan fingerprint density at radius 3 is 2.57 bits per heavy atom. The van der Waals surface area contributed by atoms with Gasteiger partial charge in [-0.25, -0.2) is 0 Å². The van der Waals surface area contributed by atoms with Crippen molar-refractivity contribution in [1.29, 1.82) is 0 Å². The largest absolute Gasteiger partial charge is 0.508 e. The van der Waals surface area contributed by atoms with Gasteiger partial charge in [-0.2, -0.15) is 0 Å². The van der Waals surface area contributed by atoms with Crippen LogP contribution in [0.15, 0.2) is 12.1 Å². The molecule has 0 radical (unpaired) electrons. The molecule has 0 aliphatic heterocycles. The second-order valence-corrected chi connectivity index (χ2v) is 8.68. The fourth-order valence-electron chi connectivity index (χ4n) is 5.45. The van der Waals surface area contributed by atoms with Crippen molar-refractivity contribution in [1.82, 2.24) is 0 Å². The summed E-state index contributed by atoms with van der Waals surface area (Å²) in [4.78, 5) is 12.9. The number of phenolic OH excluding ortho intramolecular Hbond substituents is 1. The Bertz CT molecular complexity index is 641. The molecule has 1 aromatic rings. The van der Waals surface area contributed by atoms with Crippen LogP contribution >= 0.6 is 0 Å². The molecule has 0 bridgehead atoms. The molecule has 2 aliphatic carbocycles. The molecule has 1 fully saturated rings. The van der Waals surface area contributed by atoms with Crippen LogP contribution in [-0.2, 0) is 16.6 Å². The van der Waals surface area contributed by atoms with Gasteiger partial charge in [-0.05, 0) is 72.6 Å². The Labute approximate surface area is 140 Å². The first-order chi connectivity index (χ1) is 10.7. The monoisotopic (exact) mass is 314 g/mol. The smallest absolute Gasteiger partial charge is 0.140 e. The van der Waals surface area contributed by atoms with E-state index >= 15 is 0 Å². The van der Waals surface area contributed by atoms with Gasteiger partial charge in [0, 0.05) is 0 Å². The number of benzene rings is 1. The first-order valence-electron chi connectivity index (χ1n) is 9.07. The fourth-order valence-corrected chi connectivity index (χ4v) is 5.45. The van der Waals surface area contributed by atoms with Crippen molar-refractivity contribution in [2.24, 2.45) is 11.3 Å². The number of rotatable bonds is 2. The third-order valence-electron chi connectivity index (χ3n) is 6.62. The molecule has 2 atom stereocenters. The summed E-state index contributed by atoms with van der Waals surface area (Å²) in [5.41, 5.74) is 3.22. The van der Waals surface area contributed by atoms with Gasteiger partial charge in [0.2, 0.25) is 0 Å². The summed E-state index contributed by atoms with van der Waals surface area (Å²) >= 11 is 0. The van der Waals surface area contributed by atoms with Gasteiger partial charge >= 0.3 is 0 Å². The number of hydrogen-bond acceptors (Lipinski definition) is 2. The van der Waals surface area contributed by atoms with E-state index in [9.17, 15) is 9.90 Å². The van der Waals surface area contributed by atoms with Crippen molar-refractivity contribution in [3.63, 3.8) is 0 Å². The third-order valence-corrected chi connectivity index (χ3v) is 6.62. The first-order valence-corrected chi connectivity index (χ1v) is 9.07. The minimum atomic E-state index is -0.387. The number of phenols is 1. The zero-order chi connectivity index (χ0) is 17.0. The third kappa shape index (κ3) is 2.33. The quantitative estimate of drug-likeness (QED) is 0.823. The van der Waals surface area contributed by atoms with Crippen LogP contribution in [0.4, 0.5) is 0 Å². The molecule has 0 aromatic heterocycles. The van der Waals surface area contributed by atoms with Gasteiger partial charge in [0.1, 0.15) is 11.5 Å². The summed E-state index contributed by atoms with van der Waals surface area (Å²) in [6.07, 6.45) is 5.33. The lowest BCUT2D eigenvalue weighted by molar-refractivity contribution is -0.130. The maximum Gasteiger partial charge on any atom is 0.140 e. The summed E-state index contributed by atoms with van der Waals surface area (Å²) in [5.74, 6) is 1.34. The van der Waals surface area contributed by atoms with Gasteiger partial charge in [0.15, 0.2) is 0 Å². The van der Waals surface area contributed by atoms with Gasteiger partial charge in [0.25, 0.3) is 0 Å². The summed E-state index contributed by atoms with van der Waals surface area (Å²) < 4.78 is 0. The molecular formula is C21H30O2. The highest BCUT2D eigenvalue weighted by molar-refractivity contribution is 5.90. The van der Waals surface area contributed by atoms with Gasteiger partial charge in [-0.3, -0.25) is 4.79 Å². The van der Waals surface area contributed by atoms with E-state index in [-0.39, 0.29) is 16.6 Å². The zero-order valence-electron chi connectivity index (χ0n) is 15.2. The highest BCUT2D eigenvalue weighted by Gasteiger charge is 2.55. The van der Waals surface area contributed by atoms with Crippen molar-refractivity contribution >= 4 is 5.78 Å². The Kier molecular flexibility index (Phi) is 3.85. The van der Waals surface area contributed by atoms with Crippen LogP contribution in [0.25, 0.3) is 0 Å². The molecule has 0 spiro atoms. The average Bonchev–Trinajstić information content (AvgIpc) is 2.45. The van der Waals surface area contributed by atoms with Gasteiger partial charge in [-0.15, -0.1) is 0 Å². The second kappa shape index (κ2) is 5.36. The number of aryl methyl sites for hydroxylation is 1. The highest BCUT2D eigenvalue weighted by atomic mass is 16.3. The Hall–Kier alpha value is -1.31. The molecule has 2 nitrogen and oxygen atoms in total. The molecule has 0 heterocycles. The van der Waals surface area contributed by atoms with E-state index in [1.165, 1.54) is 12.0 Å². The van der Waals surface area contributed by atoms with Crippen molar-refractivity contribution in [2.45, 2.75) is 78.1 Å². The Morgan fingerprint density at radius 2 is 1.96 bits per heavy atom. The van der Waals surface area contributed by atoms with Crippen LogP contribution in [0.2, 0.25) is 0 Å². The van der Waals surface area contributed by atoms with E-state index in [4.69, 9.17) is 0 Å². The maximum atomic E-state index is 12.9. The van der Waals surface area contributed by atoms with E-state index in [0.717, 1.165) is 36.8 Å². The molecule has 3 rings (SSSR count). The zero-order valence-corrected chi connectivity index (χ0v) is 15.2. The van der Waals surface area contributed by atoms with E-state index in [1.807, 2.05) is 6.07 Å².